The van der Waals surface area contributed by atoms with Gasteiger partial charge in [-0.2, -0.15) is 5.10 Å². The number of rotatable bonds is 5. The van der Waals surface area contributed by atoms with E-state index in [1.54, 1.807) is 47.6 Å². The first-order valence-corrected chi connectivity index (χ1v) is 11.0. The number of carbonyl (C=O) groups excluding carboxylic acids is 1. The molecule has 1 unspecified atom stereocenters. The van der Waals surface area contributed by atoms with E-state index in [1.165, 1.54) is 13.2 Å². The molecule has 3 heterocycles. The highest BCUT2D eigenvalue weighted by Crippen LogP contribution is 2.48. The molecule has 1 aliphatic heterocycles. The molecule has 0 aliphatic carbocycles. The third-order valence-corrected chi connectivity index (χ3v) is 6.41. The van der Waals surface area contributed by atoms with Crippen molar-refractivity contribution in [1.29, 1.82) is 0 Å². The van der Waals surface area contributed by atoms with Gasteiger partial charge >= 0.3 is 0 Å². The summed E-state index contributed by atoms with van der Waals surface area (Å²) in [6.45, 7) is 0.195. The third-order valence-electron chi connectivity index (χ3n) is 5.57. The number of methoxy groups -OCH3 is 1. The lowest BCUT2D eigenvalue weighted by molar-refractivity contribution is 0.0716. The molecular weight excluding hydrogens is 514 g/mol. The first-order chi connectivity index (χ1) is 15.9. The number of hydrogen-bond donors (Lipinski definition) is 3. The number of aromatic amines is 1. The number of nitrogens with one attached hydrogen (secondary N) is 1. The van der Waals surface area contributed by atoms with Gasteiger partial charge in [-0.25, -0.2) is 0 Å². The molecule has 3 N–H and O–H groups in total. The van der Waals surface area contributed by atoms with Gasteiger partial charge in [0.1, 0.15) is 22.9 Å². The van der Waals surface area contributed by atoms with Crippen molar-refractivity contribution >= 4 is 33.4 Å². The third kappa shape index (κ3) is 3.53. The maximum atomic E-state index is 13.4. The Morgan fingerprint density at radius 1 is 1.27 bits per heavy atom. The number of aromatic nitrogens is 2. The summed E-state index contributed by atoms with van der Waals surface area (Å²) in [6, 6.07) is 10.9. The number of benzene rings is 2. The molecule has 0 spiro atoms. The van der Waals surface area contributed by atoms with Crippen LogP contribution in [-0.4, -0.2) is 38.3 Å². The number of H-pyrrole nitrogens is 1. The molecule has 4 aromatic rings. The van der Waals surface area contributed by atoms with Crippen LogP contribution in [0.4, 0.5) is 0 Å². The van der Waals surface area contributed by atoms with Crippen LogP contribution < -0.4 is 4.74 Å². The Labute approximate surface area is 201 Å². The molecule has 33 heavy (non-hydrogen) atoms. The van der Waals surface area contributed by atoms with Crippen LogP contribution in [0.2, 0.25) is 5.02 Å². The summed E-state index contributed by atoms with van der Waals surface area (Å²) in [5, 5.41) is 28.4. The maximum Gasteiger partial charge on any atom is 0.273 e. The van der Waals surface area contributed by atoms with Crippen molar-refractivity contribution in [2.75, 3.05) is 7.11 Å². The summed E-state index contributed by atoms with van der Waals surface area (Å²) in [7, 11) is 1.45. The Morgan fingerprint density at radius 3 is 2.82 bits per heavy atom. The van der Waals surface area contributed by atoms with Crippen LogP contribution in [-0.2, 0) is 6.54 Å². The van der Waals surface area contributed by atoms with Gasteiger partial charge in [0.05, 0.1) is 30.4 Å². The standard InChI is InChI=1S/C23H17BrClN3O5/c1-32-17-8-11(7-15(24)22(17)30)21-18-19(14-9-12(25)4-5-16(14)29)26-27-20(18)23(31)28(21)10-13-3-2-6-33-13/h2-9,21,29-30H,10H2,1H3,(H,26,27). The highest BCUT2D eigenvalue weighted by atomic mass is 79.9. The summed E-state index contributed by atoms with van der Waals surface area (Å²) >= 11 is 9.54. The predicted molar refractivity (Wildman–Crippen MR) is 123 cm³/mol. The Balaban J connectivity index is 1.73. The number of hydrogen-bond acceptors (Lipinski definition) is 6. The Kier molecular flexibility index (Phi) is 5.30. The first-order valence-electron chi connectivity index (χ1n) is 9.86. The average Bonchev–Trinajstić information content (AvgIpc) is 3.52. The Bertz CT molecular complexity index is 1370. The average molecular weight is 531 g/mol. The molecule has 0 fully saturated rings. The van der Waals surface area contributed by atoms with Crippen molar-refractivity contribution < 1.29 is 24.2 Å². The minimum absolute atomic E-state index is 0.0196. The van der Waals surface area contributed by atoms with E-state index in [1.807, 2.05) is 0 Å². The van der Waals surface area contributed by atoms with Gasteiger partial charge in [0.15, 0.2) is 11.5 Å². The number of nitrogens with zero attached hydrogens (tertiary/aromatic N) is 2. The van der Waals surface area contributed by atoms with E-state index in [2.05, 4.69) is 26.1 Å². The van der Waals surface area contributed by atoms with E-state index in [-0.39, 0.29) is 29.7 Å². The van der Waals surface area contributed by atoms with Gasteiger partial charge in [-0.3, -0.25) is 9.89 Å². The first kappa shape index (κ1) is 21.4. The van der Waals surface area contributed by atoms with Gasteiger partial charge < -0.3 is 24.3 Å². The number of furan rings is 1. The number of carbonyl (C=O) groups is 1. The van der Waals surface area contributed by atoms with E-state index in [9.17, 15) is 15.0 Å². The molecule has 0 radical (unpaired) electrons. The second-order valence-electron chi connectivity index (χ2n) is 7.49. The normalized spacial score (nSPS) is 15.2. The fourth-order valence-corrected chi connectivity index (χ4v) is 4.72. The molecule has 1 atom stereocenters. The van der Waals surface area contributed by atoms with Crippen molar-refractivity contribution in [2.24, 2.45) is 0 Å². The number of amides is 1. The number of halogens is 2. The lowest BCUT2D eigenvalue weighted by atomic mass is 9.95. The maximum absolute atomic E-state index is 13.4. The van der Waals surface area contributed by atoms with E-state index in [4.69, 9.17) is 20.8 Å². The van der Waals surface area contributed by atoms with E-state index >= 15 is 0 Å². The number of phenolic OH excluding ortho intramolecular Hbond substituents is 2. The fourth-order valence-electron chi connectivity index (χ4n) is 4.09. The summed E-state index contributed by atoms with van der Waals surface area (Å²) in [5.41, 5.74) is 2.32. The topological polar surface area (TPSA) is 112 Å². The minimum atomic E-state index is -0.615. The van der Waals surface area contributed by atoms with Gasteiger partial charge in [-0.1, -0.05) is 11.6 Å². The zero-order chi connectivity index (χ0) is 23.3. The predicted octanol–water partition coefficient (Wildman–Crippen LogP) is 5.25. The molecule has 10 heteroatoms. The zero-order valence-electron chi connectivity index (χ0n) is 17.2. The molecule has 1 amide bonds. The smallest absolute Gasteiger partial charge is 0.273 e. The largest absolute Gasteiger partial charge is 0.507 e. The van der Waals surface area contributed by atoms with Crippen LogP contribution in [0.1, 0.15) is 33.4 Å². The molecule has 2 aromatic carbocycles. The Hall–Kier alpha value is -3.43. The molecule has 5 rings (SSSR count). The molecule has 2 aromatic heterocycles. The lowest BCUT2D eigenvalue weighted by Crippen LogP contribution is -2.29. The van der Waals surface area contributed by atoms with Crippen molar-refractivity contribution in [3.05, 3.63) is 80.8 Å². The monoisotopic (exact) mass is 529 g/mol. The van der Waals surface area contributed by atoms with Crippen LogP contribution in [0.5, 0.6) is 17.2 Å². The van der Waals surface area contributed by atoms with E-state index in [0.717, 1.165) is 0 Å². The highest BCUT2D eigenvalue weighted by molar-refractivity contribution is 9.10. The molecule has 0 bridgehead atoms. The van der Waals surface area contributed by atoms with Gasteiger partial charge in [0.25, 0.3) is 5.91 Å². The van der Waals surface area contributed by atoms with E-state index < -0.39 is 6.04 Å². The number of aromatic hydroxyl groups is 2. The van der Waals surface area contributed by atoms with Crippen LogP contribution >= 0.6 is 27.5 Å². The SMILES string of the molecule is COc1cc(C2c3c(-c4cc(Cl)ccc4O)n[nH]c3C(=O)N2Cc2ccco2)cc(Br)c1O. The van der Waals surface area contributed by atoms with Crippen molar-refractivity contribution in [1.82, 2.24) is 15.1 Å². The van der Waals surface area contributed by atoms with Crippen LogP contribution in [0.25, 0.3) is 11.3 Å². The highest BCUT2D eigenvalue weighted by Gasteiger charge is 2.43. The van der Waals surface area contributed by atoms with Crippen molar-refractivity contribution in [3.8, 4) is 28.5 Å². The van der Waals surface area contributed by atoms with Crippen LogP contribution in [0, 0.1) is 0 Å². The molecule has 168 valence electrons. The quantitative estimate of drug-likeness (QED) is 0.325. The lowest BCUT2D eigenvalue weighted by Gasteiger charge is -2.26. The molecule has 8 nitrogen and oxygen atoms in total. The summed E-state index contributed by atoms with van der Waals surface area (Å²) < 4.78 is 11.2. The van der Waals surface area contributed by atoms with Gasteiger partial charge in [-0.15, -0.1) is 0 Å². The minimum Gasteiger partial charge on any atom is -0.507 e. The summed E-state index contributed by atoms with van der Waals surface area (Å²) in [6.07, 6.45) is 1.54. The van der Waals surface area contributed by atoms with Crippen molar-refractivity contribution in [3.63, 3.8) is 0 Å². The number of phenols is 2. The fraction of sp³-hybridized carbons (Fsp3) is 0.130. The number of ether oxygens (including phenoxy) is 1. The second-order valence-corrected chi connectivity index (χ2v) is 8.78. The summed E-state index contributed by atoms with van der Waals surface area (Å²) in [4.78, 5) is 15.1. The van der Waals surface area contributed by atoms with Gasteiger partial charge in [0, 0.05) is 16.1 Å². The molecule has 0 saturated heterocycles. The Morgan fingerprint density at radius 2 is 2.09 bits per heavy atom. The van der Waals surface area contributed by atoms with Gasteiger partial charge in [0.2, 0.25) is 0 Å². The van der Waals surface area contributed by atoms with E-state index in [0.29, 0.717) is 43.3 Å². The van der Waals surface area contributed by atoms with Crippen LogP contribution in [0.15, 0.2) is 57.6 Å². The second kappa shape index (κ2) is 8.17. The van der Waals surface area contributed by atoms with Crippen molar-refractivity contribution in [2.45, 2.75) is 12.6 Å². The van der Waals surface area contributed by atoms with Gasteiger partial charge in [-0.05, 0) is 64.0 Å². The molecule has 1 aliphatic rings. The zero-order valence-corrected chi connectivity index (χ0v) is 19.5. The molecule has 0 saturated carbocycles. The van der Waals surface area contributed by atoms with Crippen LogP contribution in [0.3, 0.4) is 0 Å². The number of fused-ring (bicyclic) bond motifs is 1. The molecular formula is C23H17BrClN3O5. The summed E-state index contributed by atoms with van der Waals surface area (Å²) in [5.74, 6) is 0.490.